The number of hydrogen-bond donors (Lipinski definition) is 1. The van der Waals surface area contributed by atoms with Gasteiger partial charge in [-0.15, -0.1) is 0 Å². The molecule has 2 atom stereocenters. The fourth-order valence-electron chi connectivity index (χ4n) is 2.72. The van der Waals surface area contributed by atoms with Gasteiger partial charge in [0.05, 0.1) is 0 Å². The molecular formula is C17H28ClN. The molecular weight excluding hydrogens is 254 g/mol. The van der Waals surface area contributed by atoms with Crippen LogP contribution < -0.4 is 5.32 Å². The van der Waals surface area contributed by atoms with Crippen molar-refractivity contribution in [2.75, 3.05) is 13.1 Å². The van der Waals surface area contributed by atoms with Crippen LogP contribution in [-0.4, -0.2) is 13.1 Å². The Labute approximate surface area is 123 Å². The topological polar surface area (TPSA) is 12.0 Å². The van der Waals surface area contributed by atoms with Gasteiger partial charge in [0.1, 0.15) is 0 Å². The Hall–Kier alpha value is -0.530. The van der Waals surface area contributed by atoms with Gasteiger partial charge in [0.2, 0.25) is 0 Å². The summed E-state index contributed by atoms with van der Waals surface area (Å²) in [5, 5.41) is 4.33. The molecule has 0 fully saturated rings. The molecule has 0 spiro atoms. The van der Waals surface area contributed by atoms with Gasteiger partial charge >= 0.3 is 0 Å². The van der Waals surface area contributed by atoms with Crippen molar-refractivity contribution in [1.82, 2.24) is 5.32 Å². The average molecular weight is 282 g/mol. The summed E-state index contributed by atoms with van der Waals surface area (Å²) >= 11 is 5.95. The van der Waals surface area contributed by atoms with Crippen molar-refractivity contribution in [3.63, 3.8) is 0 Å². The van der Waals surface area contributed by atoms with Crippen molar-refractivity contribution >= 4 is 11.6 Å². The molecule has 0 aromatic heterocycles. The van der Waals surface area contributed by atoms with Crippen LogP contribution in [0.4, 0.5) is 0 Å². The SMILES string of the molecule is CCCC(C)CC(CNCC)Cc1ccc(Cl)cc1. The van der Waals surface area contributed by atoms with Crippen molar-refractivity contribution in [1.29, 1.82) is 0 Å². The Kier molecular flexibility index (Phi) is 8.16. The van der Waals surface area contributed by atoms with Crippen LogP contribution in [0.5, 0.6) is 0 Å². The van der Waals surface area contributed by atoms with Crippen LogP contribution in [0.3, 0.4) is 0 Å². The van der Waals surface area contributed by atoms with E-state index in [0.717, 1.165) is 36.4 Å². The van der Waals surface area contributed by atoms with Gasteiger partial charge in [0, 0.05) is 5.02 Å². The molecule has 2 heteroatoms. The fraction of sp³-hybridized carbons (Fsp3) is 0.647. The molecule has 0 aliphatic rings. The summed E-state index contributed by atoms with van der Waals surface area (Å²) in [7, 11) is 0. The molecule has 1 rings (SSSR count). The van der Waals surface area contributed by atoms with Crippen LogP contribution in [0.2, 0.25) is 5.02 Å². The maximum absolute atomic E-state index is 5.95. The van der Waals surface area contributed by atoms with E-state index in [1.807, 2.05) is 12.1 Å². The van der Waals surface area contributed by atoms with Crippen molar-refractivity contribution in [3.8, 4) is 0 Å². The standard InChI is InChI=1S/C17H28ClN/c1-4-6-14(3)11-16(13-19-5-2)12-15-7-9-17(18)10-8-15/h7-10,14,16,19H,4-6,11-13H2,1-3H3. The van der Waals surface area contributed by atoms with Crippen molar-refractivity contribution in [2.24, 2.45) is 11.8 Å². The third kappa shape index (κ3) is 6.98. The molecule has 19 heavy (non-hydrogen) atoms. The number of hydrogen-bond acceptors (Lipinski definition) is 1. The summed E-state index contributed by atoms with van der Waals surface area (Å²) in [6.07, 6.45) is 5.08. The van der Waals surface area contributed by atoms with E-state index in [1.54, 1.807) is 0 Å². The third-order valence-corrected chi connectivity index (χ3v) is 3.89. The lowest BCUT2D eigenvalue weighted by atomic mass is 9.88. The summed E-state index contributed by atoms with van der Waals surface area (Å²) in [4.78, 5) is 0. The van der Waals surface area contributed by atoms with Crippen LogP contribution in [0.25, 0.3) is 0 Å². The molecule has 0 radical (unpaired) electrons. The summed E-state index contributed by atoms with van der Waals surface area (Å²) < 4.78 is 0. The molecule has 1 aromatic rings. The molecule has 1 N–H and O–H groups in total. The van der Waals surface area contributed by atoms with E-state index in [4.69, 9.17) is 11.6 Å². The lowest BCUT2D eigenvalue weighted by molar-refractivity contribution is 0.356. The molecule has 0 saturated heterocycles. The van der Waals surface area contributed by atoms with Gasteiger partial charge in [-0.3, -0.25) is 0 Å². The van der Waals surface area contributed by atoms with Gasteiger partial charge in [-0.1, -0.05) is 57.3 Å². The van der Waals surface area contributed by atoms with Gasteiger partial charge < -0.3 is 5.32 Å². The molecule has 1 aromatic carbocycles. The van der Waals surface area contributed by atoms with Crippen LogP contribution in [0.1, 0.15) is 45.6 Å². The Bertz CT molecular complexity index is 334. The lowest BCUT2D eigenvalue weighted by Crippen LogP contribution is -2.25. The normalized spacial score (nSPS) is 14.3. The summed E-state index contributed by atoms with van der Waals surface area (Å²) in [5.74, 6) is 1.55. The summed E-state index contributed by atoms with van der Waals surface area (Å²) in [6.45, 7) is 9.00. The molecule has 0 saturated carbocycles. The van der Waals surface area contributed by atoms with Crippen molar-refractivity contribution in [3.05, 3.63) is 34.9 Å². The molecule has 108 valence electrons. The highest BCUT2D eigenvalue weighted by Gasteiger charge is 2.13. The second kappa shape index (κ2) is 9.39. The molecule has 0 aliphatic heterocycles. The van der Waals surface area contributed by atoms with E-state index in [2.05, 4.69) is 38.2 Å². The van der Waals surface area contributed by atoms with E-state index in [-0.39, 0.29) is 0 Å². The van der Waals surface area contributed by atoms with Crippen LogP contribution in [-0.2, 0) is 6.42 Å². The highest BCUT2D eigenvalue weighted by atomic mass is 35.5. The van der Waals surface area contributed by atoms with E-state index in [1.165, 1.54) is 24.8 Å². The molecule has 2 unspecified atom stereocenters. The average Bonchev–Trinajstić information content (AvgIpc) is 2.39. The van der Waals surface area contributed by atoms with Gasteiger partial charge in [0.15, 0.2) is 0 Å². The summed E-state index contributed by atoms with van der Waals surface area (Å²) in [6, 6.07) is 8.31. The highest BCUT2D eigenvalue weighted by Crippen LogP contribution is 2.21. The fourth-order valence-corrected chi connectivity index (χ4v) is 2.85. The number of halogens is 1. The first-order valence-electron chi connectivity index (χ1n) is 7.60. The maximum Gasteiger partial charge on any atom is 0.0406 e. The predicted molar refractivity (Wildman–Crippen MR) is 85.9 cm³/mol. The van der Waals surface area contributed by atoms with E-state index in [9.17, 15) is 0 Å². The number of benzene rings is 1. The molecule has 0 aliphatic carbocycles. The minimum atomic E-state index is 0.725. The van der Waals surface area contributed by atoms with E-state index < -0.39 is 0 Å². The number of rotatable bonds is 9. The van der Waals surface area contributed by atoms with E-state index >= 15 is 0 Å². The smallest absolute Gasteiger partial charge is 0.0406 e. The Morgan fingerprint density at radius 3 is 2.42 bits per heavy atom. The van der Waals surface area contributed by atoms with Gasteiger partial charge in [-0.2, -0.15) is 0 Å². The Morgan fingerprint density at radius 2 is 1.84 bits per heavy atom. The first-order chi connectivity index (χ1) is 9.15. The first-order valence-corrected chi connectivity index (χ1v) is 7.98. The monoisotopic (exact) mass is 281 g/mol. The Morgan fingerprint density at radius 1 is 1.16 bits per heavy atom. The highest BCUT2D eigenvalue weighted by molar-refractivity contribution is 6.30. The number of nitrogens with one attached hydrogen (secondary N) is 1. The van der Waals surface area contributed by atoms with E-state index in [0.29, 0.717) is 0 Å². The second-order valence-electron chi connectivity index (χ2n) is 5.63. The molecule has 1 nitrogen and oxygen atoms in total. The lowest BCUT2D eigenvalue weighted by Gasteiger charge is -2.21. The Balaban J connectivity index is 2.54. The predicted octanol–water partition coefficient (Wildman–Crippen LogP) is 4.93. The minimum absolute atomic E-state index is 0.725. The largest absolute Gasteiger partial charge is 0.317 e. The maximum atomic E-state index is 5.95. The third-order valence-electron chi connectivity index (χ3n) is 3.64. The van der Waals surface area contributed by atoms with Crippen molar-refractivity contribution in [2.45, 2.75) is 46.5 Å². The zero-order chi connectivity index (χ0) is 14.1. The molecule has 0 heterocycles. The quantitative estimate of drug-likeness (QED) is 0.676. The zero-order valence-corrected chi connectivity index (χ0v) is 13.3. The zero-order valence-electron chi connectivity index (χ0n) is 12.6. The summed E-state index contributed by atoms with van der Waals surface area (Å²) in [5.41, 5.74) is 1.40. The molecule has 0 bridgehead atoms. The van der Waals surface area contributed by atoms with Crippen LogP contribution in [0.15, 0.2) is 24.3 Å². The van der Waals surface area contributed by atoms with Crippen LogP contribution in [0, 0.1) is 11.8 Å². The van der Waals surface area contributed by atoms with Gasteiger partial charge in [-0.25, -0.2) is 0 Å². The minimum Gasteiger partial charge on any atom is -0.317 e. The molecule has 0 amide bonds. The first kappa shape index (κ1) is 16.5. The second-order valence-corrected chi connectivity index (χ2v) is 6.07. The van der Waals surface area contributed by atoms with Gasteiger partial charge in [0.25, 0.3) is 0 Å². The van der Waals surface area contributed by atoms with Gasteiger partial charge in [-0.05, 0) is 55.5 Å². The van der Waals surface area contributed by atoms with Crippen molar-refractivity contribution < 1.29 is 0 Å². The van der Waals surface area contributed by atoms with Crippen LogP contribution >= 0.6 is 11.6 Å².